The predicted molar refractivity (Wildman–Crippen MR) is 120 cm³/mol. The molecule has 3 aromatic rings. The Kier molecular flexibility index (Phi) is 6.46. The first-order valence-corrected chi connectivity index (χ1v) is 10.8. The molecule has 3 heterocycles. The Morgan fingerprint density at radius 2 is 2.20 bits per heavy atom. The van der Waals surface area contributed by atoms with Crippen molar-refractivity contribution in [3.63, 3.8) is 0 Å². The van der Waals surface area contributed by atoms with Crippen molar-refractivity contribution in [2.24, 2.45) is 0 Å². The molecule has 0 saturated heterocycles. The van der Waals surface area contributed by atoms with Crippen LogP contribution in [0.4, 0.5) is 5.82 Å². The SMILES string of the molecule is CCc1nc(NCC(COC=O)N2CCc3c([nH]c4ccc(Cl)cc34)C2)ccc1Cl. The summed E-state index contributed by atoms with van der Waals surface area (Å²) < 4.78 is 5.13. The fraction of sp³-hybridized carbons (Fsp3) is 0.364. The van der Waals surface area contributed by atoms with Crippen molar-refractivity contribution in [2.75, 3.05) is 25.0 Å². The number of benzene rings is 1. The molecule has 0 aliphatic carbocycles. The minimum atomic E-state index is 0.0147. The van der Waals surface area contributed by atoms with Crippen molar-refractivity contribution in [2.45, 2.75) is 32.4 Å². The number of carbonyl (C=O) groups excluding carboxylic acids is 1. The molecule has 8 heteroatoms. The first-order chi connectivity index (χ1) is 14.6. The highest BCUT2D eigenvalue weighted by Crippen LogP contribution is 2.30. The summed E-state index contributed by atoms with van der Waals surface area (Å²) in [7, 11) is 0. The summed E-state index contributed by atoms with van der Waals surface area (Å²) in [6.45, 7) is 5.07. The van der Waals surface area contributed by atoms with E-state index in [2.05, 4.69) is 20.2 Å². The lowest BCUT2D eigenvalue weighted by Gasteiger charge is -2.34. The number of nitrogens with one attached hydrogen (secondary N) is 2. The standard InChI is InChI=1S/C22H24Cl2N4O2/c1-2-19-18(24)4-6-22(27-19)25-10-15(12-30-13-29)28-8-7-16-17-9-14(23)3-5-20(17)26-21(16)11-28/h3-6,9,13,15,26H,2,7-8,10-12H2,1H3,(H,25,27). The van der Waals surface area contributed by atoms with Gasteiger partial charge in [-0.2, -0.15) is 0 Å². The smallest absolute Gasteiger partial charge is 0.293 e. The van der Waals surface area contributed by atoms with E-state index in [-0.39, 0.29) is 6.04 Å². The van der Waals surface area contributed by atoms with E-state index >= 15 is 0 Å². The third-order valence-corrected chi connectivity index (χ3v) is 6.19. The third-order valence-electron chi connectivity index (χ3n) is 5.61. The molecule has 4 rings (SSSR count). The molecule has 0 saturated carbocycles. The number of pyridine rings is 1. The lowest BCUT2D eigenvalue weighted by molar-refractivity contribution is -0.130. The number of aromatic nitrogens is 2. The van der Waals surface area contributed by atoms with Gasteiger partial charge in [-0.15, -0.1) is 0 Å². The molecule has 30 heavy (non-hydrogen) atoms. The number of aryl methyl sites for hydroxylation is 1. The molecule has 1 atom stereocenters. The number of nitrogens with zero attached hydrogens (tertiary/aromatic N) is 2. The summed E-state index contributed by atoms with van der Waals surface area (Å²) in [5.74, 6) is 0.769. The van der Waals surface area contributed by atoms with Gasteiger partial charge in [-0.3, -0.25) is 9.69 Å². The molecule has 0 radical (unpaired) electrons. The summed E-state index contributed by atoms with van der Waals surface area (Å²) in [5, 5.41) is 5.98. The van der Waals surface area contributed by atoms with Crippen molar-refractivity contribution in [1.29, 1.82) is 0 Å². The van der Waals surface area contributed by atoms with E-state index in [9.17, 15) is 4.79 Å². The maximum atomic E-state index is 10.8. The topological polar surface area (TPSA) is 70.2 Å². The highest BCUT2D eigenvalue weighted by molar-refractivity contribution is 6.31. The molecule has 2 aromatic heterocycles. The van der Waals surface area contributed by atoms with Gasteiger partial charge in [0.05, 0.1) is 16.8 Å². The number of ether oxygens (including phenoxy) is 1. The van der Waals surface area contributed by atoms with Crippen LogP contribution in [0.1, 0.15) is 23.9 Å². The number of rotatable bonds is 8. The highest BCUT2D eigenvalue weighted by atomic mass is 35.5. The lowest BCUT2D eigenvalue weighted by Crippen LogP contribution is -2.45. The van der Waals surface area contributed by atoms with Crippen molar-refractivity contribution in [3.05, 3.63) is 57.3 Å². The Hall–Kier alpha value is -2.28. The molecule has 2 N–H and O–H groups in total. The van der Waals surface area contributed by atoms with Gasteiger partial charge in [-0.25, -0.2) is 4.98 Å². The maximum Gasteiger partial charge on any atom is 0.293 e. The van der Waals surface area contributed by atoms with Crippen molar-refractivity contribution in [1.82, 2.24) is 14.9 Å². The average Bonchev–Trinajstić information content (AvgIpc) is 3.11. The Morgan fingerprint density at radius 3 is 3.00 bits per heavy atom. The van der Waals surface area contributed by atoms with Gasteiger partial charge in [0.25, 0.3) is 6.47 Å². The van der Waals surface area contributed by atoms with Crippen LogP contribution in [-0.4, -0.2) is 47.1 Å². The number of H-pyrrole nitrogens is 1. The van der Waals surface area contributed by atoms with Crippen LogP contribution in [0.3, 0.4) is 0 Å². The molecule has 1 aliphatic rings. The summed E-state index contributed by atoms with van der Waals surface area (Å²) >= 11 is 12.4. The van der Waals surface area contributed by atoms with Crippen molar-refractivity contribution < 1.29 is 9.53 Å². The fourth-order valence-corrected chi connectivity index (χ4v) is 4.45. The summed E-state index contributed by atoms with van der Waals surface area (Å²) in [4.78, 5) is 21.2. The first-order valence-electron chi connectivity index (χ1n) is 10.1. The summed E-state index contributed by atoms with van der Waals surface area (Å²) in [6.07, 6.45) is 1.68. The third kappa shape index (κ3) is 4.41. The number of hydrogen-bond acceptors (Lipinski definition) is 5. The van der Waals surface area contributed by atoms with Gasteiger partial charge < -0.3 is 15.0 Å². The molecular weight excluding hydrogens is 423 g/mol. The lowest BCUT2D eigenvalue weighted by atomic mass is 10.0. The zero-order valence-corrected chi connectivity index (χ0v) is 18.3. The number of fused-ring (bicyclic) bond motifs is 3. The second-order valence-corrected chi connectivity index (χ2v) is 8.28. The second kappa shape index (κ2) is 9.25. The maximum absolute atomic E-state index is 10.8. The van der Waals surface area contributed by atoms with Crippen LogP contribution >= 0.6 is 23.2 Å². The van der Waals surface area contributed by atoms with Crippen LogP contribution in [0.15, 0.2) is 30.3 Å². The van der Waals surface area contributed by atoms with E-state index in [0.29, 0.717) is 24.6 Å². The number of aromatic amines is 1. The minimum Gasteiger partial charge on any atom is -0.466 e. The average molecular weight is 447 g/mol. The van der Waals surface area contributed by atoms with Crippen molar-refractivity contribution in [3.8, 4) is 0 Å². The van der Waals surface area contributed by atoms with Gasteiger partial charge in [-0.1, -0.05) is 30.1 Å². The van der Waals surface area contributed by atoms with Gasteiger partial charge in [0.15, 0.2) is 0 Å². The molecular formula is C22H24Cl2N4O2. The summed E-state index contributed by atoms with van der Waals surface area (Å²) in [6, 6.07) is 9.68. The normalized spacial score (nSPS) is 15.0. The number of anilines is 1. The predicted octanol–water partition coefficient (Wildman–Crippen LogP) is 4.44. The minimum absolute atomic E-state index is 0.0147. The van der Waals surface area contributed by atoms with Gasteiger partial charge in [0.2, 0.25) is 0 Å². The van der Waals surface area contributed by atoms with Crippen LogP contribution in [0, 0.1) is 0 Å². The molecule has 6 nitrogen and oxygen atoms in total. The van der Waals surface area contributed by atoms with E-state index in [4.69, 9.17) is 27.9 Å². The van der Waals surface area contributed by atoms with Crippen LogP contribution in [0.5, 0.6) is 0 Å². The molecule has 158 valence electrons. The Balaban J connectivity index is 1.50. The highest BCUT2D eigenvalue weighted by Gasteiger charge is 2.26. The second-order valence-electron chi connectivity index (χ2n) is 7.44. The van der Waals surface area contributed by atoms with Gasteiger partial charge in [0.1, 0.15) is 12.4 Å². The van der Waals surface area contributed by atoms with E-state index in [1.807, 2.05) is 37.3 Å². The van der Waals surface area contributed by atoms with Crippen LogP contribution in [0.2, 0.25) is 10.0 Å². The molecule has 0 fully saturated rings. The van der Waals surface area contributed by atoms with Crippen molar-refractivity contribution >= 4 is 46.4 Å². The zero-order chi connectivity index (χ0) is 21.1. The molecule has 0 bridgehead atoms. The zero-order valence-electron chi connectivity index (χ0n) is 16.8. The van der Waals surface area contributed by atoms with E-state index in [0.717, 1.165) is 48.0 Å². The monoisotopic (exact) mass is 446 g/mol. The Labute approximate surface area is 185 Å². The quantitative estimate of drug-likeness (QED) is 0.500. The fourth-order valence-electron chi connectivity index (χ4n) is 4.04. The van der Waals surface area contributed by atoms with E-state index in [1.54, 1.807) is 0 Å². The Bertz CT molecular complexity index is 1050. The largest absolute Gasteiger partial charge is 0.466 e. The van der Waals surface area contributed by atoms with E-state index in [1.165, 1.54) is 16.6 Å². The van der Waals surface area contributed by atoms with Crippen LogP contribution in [-0.2, 0) is 28.9 Å². The molecule has 1 unspecified atom stereocenters. The first kappa shape index (κ1) is 21.0. The molecule has 0 amide bonds. The number of hydrogen-bond donors (Lipinski definition) is 2. The van der Waals surface area contributed by atoms with Gasteiger partial charge >= 0.3 is 0 Å². The van der Waals surface area contributed by atoms with E-state index < -0.39 is 0 Å². The Morgan fingerprint density at radius 1 is 1.33 bits per heavy atom. The summed E-state index contributed by atoms with van der Waals surface area (Å²) in [5.41, 5.74) is 4.47. The molecule has 0 spiro atoms. The molecule has 1 aromatic carbocycles. The number of carbonyl (C=O) groups is 1. The van der Waals surface area contributed by atoms with Gasteiger partial charge in [-0.05, 0) is 48.7 Å². The number of halogens is 2. The van der Waals surface area contributed by atoms with Crippen LogP contribution in [0.25, 0.3) is 10.9 Å². The van der Waals surface area contributed by atoms with Gasteiger partial charge in [0, 0.05) is 41.3 Å². The van der Waals surface area contributed by atoms with Crippen LogP contribution < -0.4 is 5.32 Å². The molecule has 1 aliphatic heterocycles.